The van der Waals surface area contributed by atoms with E-state index in [-0.39, 0.29) is 18.2 Å². The Morgan fingerprint density at radius 2 is 1.65 bits per heavy atom. The van der Waals surface area contributed by atoms with Gasteiger partial charge in [0.25, 0.3) is 0 Å². The molecule has 31 heavy (non-hydrogen) atoms. The fourth-order valence-corrected chi connectivity index (χ4v) is 3.60. The highest BCUT2D eigenvalue weighted by molar-refractivity contribution is 5.99. The van der Waals surface area contributed by atoms with Crippen LogP contribution in [-0.2, 0) is 14.4 Å². The molecule has 0 aliphatic carbocycles. The van der Waals surface area contributed by atoms with Crippen molar-refractivity contribution in [3.05, 3.63) is 43.0 Å². The molecule has 0 saturated heterocycles. The Morgan fingerprint density at radius 1 is 1.06 bits per heavy atom. The van der Waals surface area contributed by atoms with E-state index < -0.39 is 34.6 Å². The predicted molar refractivity (Wildman–Crippen MR) is 122 cm³/mol. The van der Waals surface area contributed by atoms with Gasteiger partial charge in [-0.15, -0.1) is 6.58 Å². The minimum atomic E-state index is -1.22. The predicted octanol–water partition coefficient (Wildman–Crippen LogP) is 3.91. The van der Waals surface area contributed by atoms with Crippen molar-refractivity contribution in [3.63, 3.8) is 0 Å². The van der Waals surface area contributed by atoms with Gasteiger partial charge in [0.15, 0.2) is 0 Å². The molecule has 3 amide bonds. The molecule has 7 heteroatoms. The van der Waals surface area contributed by atoms with Crippen LogP contribution in [0.1, 0.15) is 54.4 Å². The van der Waals surface area contributed by atoms with Gasteiger partial charge in [-0.05, 0) is 43.2 Å². The molecule has 0 heterocycles. The van der Waals surface area contributed by atoms with Crippen molar-refractivity contribution in [1.29, 1.82) is 0 Å². The van der Waals surface area contributed by atoms with Gasteiger partial charge in [-0.2, -0.15) is 0 Å². The summed E-state index contributed by atoms with van der Waals surface area (Å²) in [6, 6.07) is 8.18. The molecule has 0 bridgehead atoms. The lowest BCUT2D eigenvalue weighted by Gasteiger charge is -2.37. The van der Waals surface area contributed by atoms with Crippen LogP contribution in [-0.4, -0.2) is 29.0 Å². The summed E-state index contributed by atoms with van der Waals surface area (Å²) in [5, 5.41) is 15.0. The summed E-state index contributed by atoms with van der Waals surface area (Å²) in [7, 11) is 0. The van der Waals surface area contributed by atoms with Crippen molar-refractivity contribution in [1.82, 2.24) is 10.8 Å². The Kier molecular flexibility index (Phi) is 9.43. The van der Waals surface area contributed by atoms with Gasteiger partial charge in [-0.1, -0.05) is 58.9 Å². The molecule has 3 atom stereocenters. The van der Waals surface area contributed by atoms with E-state index in [1.54, 1.807) is 30.6 Å². The minimum Gasteiger partial charge on any atom is -0.344 e. The monoisotopic (exact) mass is 431 g/mol. The maximum atomic E-state index is 13.4. The van der Waals surface area contributed by atoms with Crippen molar-refractivity contribution in [2.75, 3.05) is 5.32 Å². The second-order valence-electron chi connectivity index (χ2n) is 9.70. The van der Waals surface area contributed by atoms with Crippen LogP contribution in [0.3, 0.4) is 0 Å². The Morgan fingerprint density at radius 3 is 2.10 bits per heavy atom. The normalized spacial score (nSPS) is 15.4. The molecule has 0 aliphatic heterocycles. The van der Waals surface area contributed by atoms with Gasteiger partial charge in [0.2, 0.25) is 17.7 Å². The highest BCUT2D eigenvalue weighted by Gasteiger charge is 2.46. The third-order valence-electron chi connectivity index (χ3n) is 5.44. The number of carbonyl (C=O) groups is 3. The van der Waals surface area contributed by atoms with E-state index in [1.165, 1.54) is 0 Å². The van der Waals surface area contributed by atoms with Gasteiger partial charge in [0.1, 0.15) is 6.04 Å². The van der Waals surface area contributed by atoms with E-state index in [4.69, 9.17) is 0 Å². The number of anilines is 1. The number of carbonyl (C=O) groups excluding carboxylic acids is 3. The third kappa shape index (κ3) is 7.21. The molecule has 0 spiro atoms. The van der Waals surface area contributed by atoms with Crippen molar-refractivity contribution in [2.45, 2.75) is 60.4 Å². The Labute approximate surface area is 185 Å². The van der Waals surface area contributed by atoms with Crippen molar-refractivity contribution in [2.24, 2.45) is 22.7 Å². The zero-order valence-corrected chi connectivity index (χ0v) is 19.5. The van der Waals surface area contributed by atoms with E-state index in [1.807, 2.05) is 52.8 Å². The second kappa shape index (κ2) is 11.1. The van der Waals surface area contributed by atoms with Gasteiger partial charge in [0.05, 0.1) is 11.3 Å². The third-order valence-corrected chi connectivity index (χ3v) is 5.44. The van der Waals surface area contributed by atoms with Gasteiger partial charge >= 0.3 is 0 Å². The molecular formula is C24H37N3O4. The summed E-state index contributed by atoms with van der Waals surface area (Å²) >= 11 is 0. The number of allylic oxidation sites excluding steroid dienone is 1. The largest absolute Gasteiger partial charge is 0.344 e. The van der Waals surface area contributed by atoms with Crippen molar-refractivity contribution >= 4 is 23.4 Å². The van der Waals surface area contributed by atoms with E-state index in [0.717, 1.165) is 0 Å². The maximum Gasteiger partial charge on any atom is 0.250 e. The molecule has 0 unspecified atom stereocenters. The fourth-order valence-electron chi connectivity index (χ4n) is 3.60. The van der Waals surface area contributed by atoms with E-state index in [0.29, 0.717) is 12.1 Å². The van der Waals surface area contributed by atoms with Gasteiger partial charge in [-0.3, -0.25) is 19.6 Å². The van der Waals surface area contributed by atoms with Gasteiger partial charge in [0, 0.05) is 5.69 Å². The van der Waals surface area contributed by atoms with Crippen molar-refractivity contribution < 1.29 is 19.6 Å². The molecule has 0 aromatic heterocycles. The first-order chi connectivity index (χ1) is 14.4. The number of para-hydroxylation sites is 1. The minimum absolute atomic E-state index is 0.109. The zero-order chi connectivity index (χ0) is 23.8. The van der Waals surface area contributed by atoms with Gasteiger partial charge in [-0.25, -0.2) is 5.48 Å². The molecule has 7 nitrogen and oxygen atoms in total. The SMILES string of the molecule is C=CC[C@](C)(C(=O)NO)[C@@H](CC(C)C)C(=O)N[C@H](C(=O)Nc1ccccc1)C(C)(C)C. The summed E-state index contributed by atoms with van der Waals surface area (Å²) in [4.78, 5) is 39.0. The van der Waals surface area contributed by atoms with Crippen LogP contribution in [0, 0.1) is 22.7 Å². The highest BCUT2D eigenvalue weighted by Crippen LogP contribution is 2.37. The van der Waals surface area contributed by atoms with Crippen molar-refractivity contribution in [3.8, 4) is 0 Å². The number of benzene rings is 1. The topological polar surface area (TPSA) is 108 Å². The number of rotatable bonds is 10. The number of hydroxylamine groups is 1. The molecule has 172 valence electrons. The van der Waals surface area contributed by atoms with Crippen LogP contribution in [0.4, 0.5) is 5.69 Å². The molecule has 0 radical (unpaired) electrons. The van der Waals surface area contributed by atoms with E-state index in [9.17, 15) is 19.6 Å². The Balaban J connectivity index is 3.25. The lowest BCUT2D eigenvalue weighted by molar-refractivity contribution is -0.149. The summed E-state index contributed by atoms with van der Waals surface area (Å²) in [5.41, 5.74) is 0.525. The Bertz CT molecular complexity index is 771. The summed E-state index contributed by atoms with van der Waals surface area (Å²) in [5.74, 6) is -2.07. The van der Waals surface area contributed by atoms with Crippen LogP contribution >= 0.6 is 0 Å². The molecule has 4 N–H and O–H groups in total. The Hall–Kier alpha value is -2.67. The lowest BCUT2D eigenvalue weighted by Crippen LogP contribution is -2.56. The lowest BCUT2D eigenvalue weighted by atomic mass is 9.69. The quantitative estimate of drug-likeness (QED) is 0.256. The molecular weight excluding hydrogens is 394 g/mol. The first-order valence-corrected chi connectivity index (χ1v) is 10.6. The number of amides is 3. The van der Waals surface area contributed by atoms with Crippen LogP contribution < -0.4 is 16.1 Å². The number of nitrogens with one attached hydrogen (secondary N) is 3. The molecule has 1 rings (SSSR count). The van der Waals surface area contributed by atoms with Gasteiger partial charge < -0.3 is 10.6 Å². The number of hydrogen-bond donors (Lipinski definition) is 4. The van der Waals surface area contributed by atoms with Crippen LogP contribution in [0.2, 0.25) is 0 Å². The first-order valence-electron chi connectivity index (χ1n) is 10.6. The van der Waals surface area contributed by atoms with Crippen LogP contribution in [0.5, 0.6) is 0 Å². The maximum absolute atomic E-state index is 13.4. The highest BCUT2D eigenvalue weighted by atomic mass is 16.5. The summed E-state index contributed by atoms with van der Waals surface area (Å²) < 4.78 is 0. The molecule has 1 aromatic rings. The number of hydrogen-bond acceptors (Lipinski definition) is 4. The second-order valence-corrected chi connectivity index (χ2v) is 9.70. The summed E-state index contributed by atoms with van der Waals surface area (Å²) in [6.45, 7) is 14.8. The van der Waals surface area contributed by atoms with Crippen LogP contribution in [0.15, 0.2) is 43.0 Å². The molecule has 0 aliphatic rings. The average molecular weight is 432 g/mol. The first kappa shape index (κ1) is 26.4. The standard InChI is InChI=1S/C24H37N3O4/c1-8-14-24(7,22(30)27-31)18(15-16(2)3)20(28)26-19(23(4,5)6)21(29)25-17-12-10-9-11-13-17/h8-13,16,18-19,31H,1,14-15H2,2-7H3,(H,25,29)(H,26,28)(H,27,30)/t18-,19+,24-/m0/s1. The molecule has 0 saturated carbocycles. The summed E-state index contributed by atoms with van der Waals surface area (Å²) in [6.07, 6.45) is 2.15. The smallest absolute Gasteiger partial charge is 0.250 e. The molecule has 1 aromatic carbocycles. The van der Waals surface area contributed by atoms with E-state index in [2.05, 4.69) is 17.2 Å². The van der Waals surface area contributed by atoms with E-state index >= 15 is 0 Å². The van der Waals surface area contributed by atoms with Crippen LogP contribution in [0.25, 0.3) is 0 Å². The average Bonchev–Trinajstić information content (AvgIpc) is 2.69. The molecule has 0 fully saturated rings. The zero-order valence-electron chi connectivity index (χ0n) is 19.5. The fraction of sp³-hybridized carbons (Fsp3) is 0.542.